The van der Waals surface area contributed by atoms with Crippen LogP contribution in [0.15, 0.2) is 0 Å². The summed E-state index contributed by atoms with van der Waals surface area (Å²) in [6.45, 7) is -0.145. The average molecular weight is 134 g/mol. The molecule has 1 heterocycles. The fraction of sp³-hybridized carbons (Fsp3) is 1.00. The molecule has 0 amide bonds. The average Bonchev–Trinajstić information content (AvgIpc) is 2.13. The Morgan fingerprint density at radius 1 is 1.44 bits per heavy atom. The molecule has 1 unspecified atom stereocenters. The second-order valence-electron chi connectivity index (χ2n) is 2.13. The number of hydrogen-bond acceptors (Lipinski definition) is 4. The van der Waals surface area contributed by atoms with Crippen molar-refractivity contribution in [3.05, 3.63) is 0 Å². The number of aliphatic hydroxyl groups excluding tert-OH is 3. The third kappa shape index (κ3) is 1.40. The lowest BCUT2D eigenvalue weighted by Crippen LogP contribution is -2.19. The molecule has 3 atom stereocenters. The fourth-order valence-corrected chi connectivity index (χ4v) is 0.847. The molecule has 1 aliphatic heterocycles. The smallest absolute Gasteiger partial charge is 0.181 e. The van der Waals surface area contributed by atoms with Crippen molar-refractivity contribution in [2.75, 3.05) is 6.61 Å². The monoisotopic (exact) mass is 134 g/mol. The van der Waals surface area contributed by atoms with Gasteiger partial charge in [0.05, 0.1) is 12.7 Å². The zero-order valence-electron chi connectivity index (χ0n) is 4.90. The van der Waals surface area contributed by atoms with Gasteiger partial charge >= 0.3 is 0 Å². The van der Waals surface area contributed by atoms with E-state index in [0.29, 0.717) is 6.42 Å². The second kappa shape index (κ2) is 2.62. The van der Waals surface area contributed by atoms with Crippen LogP contribution < -0.4 is 0 Å². The molecular weight excluding hydrogens is 124 g/mol. The maximum absolute atomic E-state index is 8.81. The van der Waals surface area contributed by atoms with Crippen LogP contribution in [0.4, 0.5) is 0 Å². The van der Waals surface area contributed by atoms with Gasteiger partial charge in [0.1, 0.15) is 6.10 Å². The Labute approximate surface area is 52.7 Å². The Hall–Kier alpha value is -0.160. The molecule has 0 bridgehead atoms. The highest BCUT2D eigenvalue weighted by molar-refractivity contribution is 4.74. The Morgan fingerprint density at radius 3 is 2.33 bits per heavy atom. The minimum atomic E-state index is -1.11. The summed E-state index contributed by atoms with van der Waals surface area (Å²) in [6, 6.07) is 0. The van der Waals surface area contributed by atoms with E-state index in [4.69, 9.17) is 15.3 Å². The SMILES string of the molecule is OC[C@H]1C[C@@H](O)C(O)O1. The first-order chi connectivity index (χ1) is 4.24. The predicted octanol–water partition coefficient (Wildman–Crippen LogP) is -1.55. The van der Waals surface area contributed by atoms with E-state index >= 15 is 0 Å². The molecule has 0 aliphatic carbocycles. The Morgan fingerprint density at radius 2 is 2.11 bits per heavy atom. The standard InChI is InChI=1S/C5H10O4/c6-2-3-1-4(7)5(8)9-3/h3-8H,1-2H2/t3-,4-,5?/m1/s1. The van der Waals surface area contributed by atoms with Crippen molar-refractivity contribution >= 4 is 0 Å². The highest BCUT2D eigenvalue weighted by Gasteiger charge is 2.31. The molecule has 1 saturated heterocycles. The highest BCUT2D eigenvalue weighted by Crippen LogP contribution is 2.17. The van der Waals surface area contributed by atoms with Crippen molar-refractivity contribution in [3.63, 3.8) is 0 Å². The first-order valence-electron chi connectivity index (χ1n) is 2.86. The fourth-order valence-electron chi connectivity index (χ4n) is 0.847. The van der Waals surface area contributed by atoms with Crippen LogP contribution in [0, 0.1) is 0 Å². The molecule has 1 rings (SSSR count). The minimum absolute atomic E-state index is 0.145. The van der Waals surface area contributed by atoms with E-state index in [-0.39, 0.29) is 6.61 Å². The lowest BCUT2D eigenvalue weighted by molar-refractivity contribution is -0.132. The Balaban J connectivity index is 2.35. The van der Waals surface area contributed by atoms with Crippen molar-refractivity contribution in [1.29, 1.82) is 0 Å². The summed E-state index contributed by atoms with van der Waals surface area (Å²) in [5.41, 5.74) is 0. The number of hydrogen-bond donors (Lipinski definition) is 3. The molecule has 9 heavy (non-hydrogen) atoms. The second-order valence-corrected chi connectivity index (χ2v) is 2.13. The molecule has 4 nitrogen and oxygen atoms in total. The predicted molar refractivity (Wildman–Crippen MR) is 28.6 cm³/mol. The van der Waals surface area contributed by atoms with Crippen molar-refractivity contribution in [2.24, 2.45) is 0 Å². The Bertz CT molecular complexity index is 85.0. The summed E-state index contributed by atoms with van der Waals surface area (Å²) in [6.07, 6.45) is -2.02. The van der Waals surface area contributed by atoms with E-state index in [1.807, 2.05) is 0 Å². The first-order valence-corrected chi connectivity index (χ1v) is 2.86. The largest absolute Gasteiger partial charge is 0.394 e. The molecule has 0 aromatic carbocycles. The third-order valence-corrected chi connectivity index (χ3v) is 1.37. The summed E-state index contributed by atoms with van der Waals surface area (Å²) < 4.78 is 4.68. The Kier molecular flexibility index (Phi) is 2.02. The third-order valence-electron chi connectivity index (χ3n) is 1.37. The number of ether oxygens (including phenoxy) is 1. The molecule has 0 spiro atoms. The van der Waals surface area contributed by atoms with E-state index in [9.17, 15) is 0 Å². The molecule has 1 aliphatic rings. The quantitative estimate of drug-likeness (QED) is 0.406. The van der Waals surface area contributed by atoms with Gasteiger partial charge in [-0.15, -0.1) is 0 Å². The van der Waals surface area contributed by atoms with Crippen molar-refractivity contribution in [2.45, 2.75) is 24.9 Å². The van der Waals surface area contributed by atoms with Gasteiger partial charge in [-0.1, -0.05) is 0 Å². The van der Waals surface area contributed by atoms with Crippen LogP contribution in [0.25, 0.3) is 0 Å². The molecule has 3 N–H and O–H groups in total. The van der Waals surface area contributed by atoms with E-state index in [1.54, 1.807) is 0 Å². The van der Waals surface area contributed by atoms with Crippen molar-refractivity contribution in [1.82, 2.24) is 0 Å². The number of aliphatic hydroxyl groups is 3. The van der Waals surface area contributed by atoms with Gasteiger partial charge in [0.15, 0.2) is 6.29 Å². The van der Waals surface area contributed by atoms with Crippen LogP contribution in [0.5, 0.6) is 0 Å². The lowest BCUT2D eigenvalue weighted by Gasteiger charge is -2.04. The van der Waals surface area contributed by atoms with Crippen LogP contribution in [-0.2, 0) is 4.74 Å². The van der Waals surface area contributed by atoms with E-state index in [1.165, 1.54) is 0 Å². The van der Waals surface area contributed by atoms with Crippen LogP contribution in [0.3, 0.4) is 0 Å². The molecule has 0 aromatic rings. The molecule has 4 heteroatoms. The van der Waals surface area contributed by atoms with Gasteiger partial charge in [0.25, 0.3) is 0 Å². The van der Waals surface area contributed by atoms with Gasteiger partial charge < -0.3 is 20.1 Å². The molecule has 0 aromatic heterocycles. The van der Waals surface area contributed by atoms with Crippen molar-refractivity contribution in [3.8, 4) is 0 Å². The summed E-state index contributed by atoms with van der Waals surface area (Å²) in [4.78, 5) is 0. The summed E-state index contributed by atoms with van der Waals surface area (Å²) in [5.74, 6) is 0. The zero-order valence-corrected chi connectivity index (χ0v) is 4.90. The zero-order chi connectivity index (χ0) is 6.85. The van der Waals surface area contributed by atoms with E-state index in [2.05, 4.69) is 4.74 Å². The van der Waals surface area contributed by atoms with Crippen LogP contribution in [0.1, 0.15) is 6.42 Å². The molecular formula is C5H10O4. The van der Waals surface area contributed by atoms with Gasteiger partial charge in [0.2, 0.25) is 0 Å². The van der Waals surface area contributed by atoms with Gasteiger partial charge in [-0.25, -0.2) is 0 Å². The van der Waals surface area contributed by atoms with E-state index < -0.39 is 18.5 Å². The molecule has 0 radical (unpaired) electrons. The lowest BCUT2D eigenvalue weighted by atomic mass is 10.2. The summed E-state index contributed by atoms with van der Waals surface area (Å²) in [7, 11) is 0. The van der Waals surface area contributed by atoms with Crippen LogP contribution in [-0.4, -0.2) is 40.4 Å². The van der Waals surface area contributed by atoms with Crippen LogP contribution in [0.2, 0.25) is 0 Å². The minimum Gasteiger partial charge on any atom is -0.394 e. The molecule has 54 valence electrons. The summed E-state index contributed by atoms with van der Waals surface area (Å²) >= 11 is 0. The van der Waals surface area contributed by atoms with Gasteiger partial charge in [-0.05, 0) is 0 Å². The first kappa shape index (κ1) is 6.95. The molecule has 1 fully saturated rings. The van der Waals surface area contributed by atoms with Gasteiger partial charge in [-0.2, -0.15) is 0 Å². The topological polar surface area (TPSA) is 69.9 Å². The van der Waals surface area contributed by atoms with Crippen LogP contribution >= 0.6 is 0 Å². The van der Waals surface area contributed by atoms with Gasteiger partial charge in [-0.3, -0.25) is 0 Å². The highest BCUT2D eigenvalue weighted by atomic mass is 16.6. The molecule has 0 saturated carbocycles. The normalized spacial score (nSPS) is 43.7. The summed E-state index contributed by atoms with van der Waals surface area (Å²) in [5, 5.41) is 26.0. The van der Waals surface area contributed by atoms with Crippen molar-refractivity contribution < 1.29 is 20.1 Å². The number of rotatable bonds is 1. The maximum atomic E-state index is 8.81. The maximum Gasteiger partial charge on any atom is 0.181 e. The van der Waals surface area contributed by atoms with Gasteiger partial charge in [0, 0.05) is 6.42 Å². The van der Waals surface area contributed by atoms with E-state index in [0.717, 1.165) is 0 Å².